The Morgan fingerprint density at radius 1 is 1.10 bits per heavy atom. The Bertz CT molecular complexity index is 1110. The van der Waals surface area contributed by atoms with Gasteiger partial charge in [-0.2, -0.15) is 5.10 Å². The van der Waals surface area contributed by atoms with Crippen LogP contribution in [-0.4, -0.2) is 34.9 Å². The number of anilines is 1. The third-order valence-electron chi connectivity index (χ3n) is 5.63. The van der Waals surface area contributed by atoms with Gasteiger partial charge < -0.3 is 19.7 Å². The van der Waals surface area contributed by atoms with Crippen LogP contribution in [0, 0.1) is 5.92 Å². The second-order valence-electron chi connectivity index (χ2n) is 7.63. The van der Waals surface area contributed by atoms with Crippen molar-refractivity contribution in [2.75, 3.05) is 18.2 Å². The highest BCUT2D eigenvalue weighted by molar-refractivity contribution is 6.00. The van der Waals surface area contributed by atoms with E-state index in [0.717, 1.165) is 11.1 Å². The zero-order valence-corrected chi connectivity index (χ0v) is 16.9. The van der Waals surface area contributed by atoms with Crippen molar-refractivity contribution in [3.8, 4) is 11.5 Å². The average molecular weight is 418 g/mol. The van der Waals surface area contributed by atoms with E-state index >= 15 is 0 Å². The van der Waals surface area contributed by atoms with E-state index < -0.39 is 5.92 Å². The summed E-state index contributed by atoms with van der Waals surface area (Å²) in [6.45, 7) is 1.57. The van der Waals surface area contributed by atoms with Gasteiger partial charge in [-0.3, -0.25) is 14.3 Å². The molecule has 2 aliphatic rings. The molecule has 0 unspecified atom stereocenters. The lowest BCUT2D eigenvalue weighted by molar-refractivity contribution is -0.126. The number of nitrogens with zero attached hydrogens (tertiary/aromatic N) is 3. The molecule has 1 saturated heterocycles. The van der Waals surface area contributed by atoms with Crippen LogP contribution in [0.4, 0.5) is 5.69 Å². The van der Waals surface area contributed by atoms with Crippen molar-refractivity contribution in [3.05, 3.63) is 72.1 Å². The van der Waals surface area contributed by atoms with E-state index in [1.165, 1.54) is 0 Å². The van der Waals surface area contributed by atoms with Crippen LogP contribution in [0.15, 0.2) is 60.9 Å². The zero-order valence-electron chi connectivity index (χ0n) is 16.9. The van der Waals surface area contributed by atoms with E-state index in [1.807, 2.05) is 47.3 Å². The number of nitrogens with one attached hydrogen (secondary N) is 1. The highest BCUT2D eigenvalue weighted by Gasteiger charge is 2.35. The van der Waals surface area contributed by atoms with Gasteiger partial charge >= 0.3 is 0 Å². The predicted molar refractivity (Wildman–Crippen MR) is 113 cm³/mol. The Balaban J connectivity index is 1.22. The van der Waals surface area contributed by atoms with Crippen LogP contribution in [0.1, 0.15) is 17.5 Å². The molecule has 0 bridgehead atoms. The summed E-state index contributed by atoms with van der Waals surface area (Å²) in [7, 11) is 0. The van der Waals surface area contributed by atoms with Gasteiger partial charge in [0.15, 0.2) is 11.5 Å². The van der Waals surface area contributed by atoms with E-state index in [4.69, 9.17) is 9.47 Å². The summed E-state index contributed by atoms with van der Waals surface area (Å²) in [6.07, 6.45) is 3.84. The minimum atomic E-state index is -0.392. The molecule has 2 amide bonds. The number of amides is 2. The number of ether oxygens (including phenoxy) is 2. The number of hydrogen-bond donors (Lipinski definition) is 1. The second kappa shape index (κ2) is 8.14. The maximum absolute atomic E-state index is 12.8. The number of aromatic nitrogens is 2. The Morgan fingerprint density at radius 2 is 1.94 bits per heavy atom. The zero-order chi connectivity index (χ0) is 21.2. The summed E-state index contributed by atoms with van der Waals surface area (Å²) in [5.74, 6) is 0.699. The summed E-state index contributed by atoms with van der Waals surface area (Å²) in [5.41, 5.74) is 2.84. The summed E-state index contributed by atoms with van der Waals surface area (Å²) < 4.78 is 12.6. The fourth-order valence-electron chi connectivity index (χ4n) is 3.97. The lowest BCUT2D eigenvalue weighted by Gasteiger charge is -2.17. The molecule has 3 aromatic rings. The molecule has 1 N–H and O–H groups in total. The Morgan fingerprint density at radius 3 is 2.77 bits per heavy atom. The predicted octanol–water partition coefficient (Wildman–Crippen LogP) is 2.33. The molecule has 158 valence electrons. The normalized spacial score (nSPS) is 17.2. The number of fused-ring (bicyclic) bond motifs is 1. The highest BCUT2D eigenvalue weighted by Crippen LogP contribution is 2.37. The fourth-order valence-corrected chi connectivity index (χ4v) is 3.97. The minimum absolute atomic E-state index is 0.0712. The van der Waals surface area contributed by atoms with E-state index in [0.29, 0.717) is 36.8 Å². The fraction of sp³-hybridized carbons (Fsp3) is 0.261. The van der Waals surface area contributed by atoms with Gasteiger partial charge in [0.05, 0.1) is 12.5 Å². The molecule has 1 aromatic heterocycles. The van der Waals surface area contributed by atoms with Crippen LogP contribution in [0.25, 0.3) is 0 Å². The SMILES string of the molecule is O=C(NCc1ccccc1Cn1cccn1)[C@@H]1CC(=O)N(c2ccc3c(c2)OCO3)C1. The Kier molecular flexibility index (Phi) is 5.03. The first kappa shape index (κ1) is 19.2. The number of benzene rings is 2. The number of carbonyl (C=O) groups is 2. The monoisotopic (exact) mass is 418 g/mol. The molecule has 1 fully saturated rings. The van der Waals surface area contributed by atoms with Crippen molar-refractivity contribution < 1.29 is 19.1 Å². The van der Waals surface area contributed by atoms with E-state index in [-0.39, 0.29) is 25.0 Å². The molecule has 0 saturated carbocycles. The molecule has 8 heteroatoms. The van der Waals surface area contributed by atoms with Crippen molar-refractivity contribution >= 4 is 17.5 Å². The maximum Gasteiger partial charge on any atom is 0.231 e. The van der Waals surface area contributed by atoms with Crippen molar-refractivity contribution in [2.45, 2.75) is 19.5 Å². The number of carbonyl (C=O) groups excluding carboxylic acids is 2. The first-order chi connectivity index (χ1) is 15.2. The van der Waals surface area contributed by atoms with Crippen LogP contribution in [0.3, 0.4) is 0 Å². The molecule has 31 heavy (non-hydrogen) atoms. The molecule has 0 spiro atoms. The first-order valence-electron chi connectivity index (χ1n) is 10.2. The van der Waals surface area contributed by atoms with Gasteiger partial charge in [0.2, 0.25) is 18.6 Å². The van der Waals surface area contributed by atoms with Gasteiger partial charge in [0.1, 0.15) is 0 Å². The minimum Gasteiger partial charge on any atom is -0.454 e. The van der Waals surface area contributed by atoms with Gasteiger partial charge in [-0.15, -0.1) is 0 Å². The van der Waals surface area contributed by atoms with Crippen LogP contribution in [0.2, 0.25) is 0 Å². The van der Waals surface area contributed by atoms with Gasteiger partial charge in [0, 0.05) is 43.7 Å². The lowest BCUT2D eigenvalue weighted by atomic mass is 10.1. The molecule has 2 aliphatic heterocycles. The Hall–Kier alpha value is -3.81. The largest absolute Gasteiger partial charge is 0.454 e. The van der Waals surface area contributed by atoms with Gasteiger partial charge in [-0.25, -0.2) is 0 Å². The molecule has 5 rings (SSSR count). The van der Waals surface area contributed by atoms with Crippen LogP contribution < -0.4 is 19.7 Å². The molecule has 1 atom stereocenters. The van der Waals surface area contributed by atoms with Gasteiger partial charge in [0.25, 0.3) is 0 Å². The molecular formula is C23H22N4O4. The lowest BCUT2D eigenvalue weighted by Crippen LogP contribution is -2.32. The van der Waals surface area contributed by atoms with Crippen molar-refractivity contribution in [2.24, 2.45) is 5.92 Å². The van der Waals surface area contributed by atoms with Gasteiger partial charge in [-0.1, -0.05) is 24.3 Å². The van der Waals surface area contributed by atoms with Crippen LogP contribution >= 0.6 is 0 Å². The number of rotatable bonds is 6. The van der Waals surface area contributed by atoms with Crippen molar-refractivity contribution in [1.82, 2.24) is 15.1 Å². The molecule has 0 aliphatic carbocycles. The van der Waals surface area contributed by atoms with E-state index in [9.17, 15) is 9.59 Å². The van der Waals surface area contributed by atoms with Crippen molar-refractivity contribution in [3.63, 3.8) is 0 Å². The number of hydrogen-bond acceptors (Lipinski definition) is 5. The van der Waals surface area contributed by atoms with Crippen molar-refractivity contribution in [1.29, 1.82) is 0 Å². The quantitative estimate of drug-likeness (QED) is 0.664. The van der Waals surface area contributed by atoms with E-state index in [2.05, 4.69) is 10.4 Å². The molecule has 3 heterocycles. The molecule has 0 radical (unpaired) electrons. The van der Waals surface area contributed by atoms with Crippen LogP contribution in [-0.2, 0) is 22.7 Å². The summed E-state index contributed by atoms with van der Waals surface area (Å²) in [4.78, 5) is 27.0. The highest BCUT2D eigenvalue weighted by atomic mass is 16.7. The average Bonchev–Trinajstić information content (AvgIpc) is 3.53. The smallest absolute Gasteiger partial charge is 0.231 e. The molecular weight excluding hydrogens is 396 g/mol. The van der Waals surface area contributed by atoms with E-state index in [1.54, 1.807) is 23.2 Å². The summed E-state index contributed by atoms with van der Waals surface area (Å²) in [6, 6.07) is 15.2. The standard InChI is InChI=1S/C23H22N4O4/c28-22-10-18(14-27(22)19-6-7-20-21(11-19)31-15-30-20)23(29)24-12-16-4-1-2-5-17(16)13-26-9-3-8-25-26/h1-9,11,18H,10,12-15H2,(H,24,29)/t18-/m1/s1. The third kappa shape index (κ3) is 3.96. The maximum atomic E-state index is 12.8. The second-order valence-corrected chi connectivity index (χ2v) is 7.63. The van der Waals surface area contributed by atoms with Gasteiger partial charge in [-0.05, 0) is 29.3 Å². The summed E-state index contributed by atoms with van der Waals surface area (Å²) in [5, 5.41) is 7.25. The molecule has 8 nitrogen and oxygen atoms in total. The third-order valence-corrected chi connectivity index (χ3v) is 5.63. The van der Waals surface area contributed by atoms with Crippen LogP contribution in [0.5, 0.6) is 11.5 Å². The Labute approximate surface area is 179 Å². The topological polar surface area (TPSA) is 85.7 Å². The molecule has 2 aromatic carbocycles. The summed E-state index contributed by atoms with van der Waals surface area (Å²) >= 11 is 0. The first-order valence-corrected chi connectivity index (χ1v) is 10.2.